The maximum atomic E-state index is 11.2. The molecule has 0 aliphatic carbocycles. The Morgan fingerprint density at radius 3 is 2.94 bits per heavy atom. The molecule has 88 valence electrons. The van der Waals surface area contributed by atoms with Crippen LogP contribution in [0.2, 0.25) is 8.67 Å². The van der Waals surface area contributed by atoms with E-state index in [-0.39, 0.29) is 0 Å². The highest BCUT2D eigenvalue weighted by molar-refractivity contribution is 7.99. The monoisotopic (exact) mass is 304 g/mol. The van der Waals surface area contributed by atoms with Crippen LogP contribution in [0, 0.1) is 0 Å². The third-order valence-corrected chi connectivity index (χ3v) is 4.99. The highest BCUT2D eigenvalue weighted by Gasteiger charge is 2.24. The van der Waals surface area contributed by atoms with Crippen molar-refractivity contribution in [2.24, 2.45) is 0 Å². The van der Waals surface area contributed by atoms with Crippen molar-refractivity contribution in [2.75, 3.05) is 5.75 Å². The number of aromatic nitrogens is 2. The lowest BCUT2D eigenvalue weighted by atomic mass is 10.2. The minimum atomic E-state index is 0.569. The number of carbonyl (C=O) groups excluding carboxylic acids is 1. The molecular weight excluding hydrogens is 299 g/mol. The lowest BCUT2D eigenvalue weighted by molar-refractivity contribution is 0.111. The fourth-order valence-corrected chi connectivity index (χ4v) is 4.24. The van der Waals surface area contributed by atoms with E-state index in [1.807, 2.05) is 4.57 Å². The Balaban J connectivity index is 2.21. The summed E-state index contributed by atoms with van der Waals surface area (Å²) >= 11 is 14.9. The Labute approximate surface area is 116 Å². The number of hydrogen-bond acceptors (Lipinski definition) is 4. The van der Waals surface area contributed by atoms with Gasteiger partial charge in [-0.15, -0.1) is 11.3 Å². The maximum Gasteiger partial charge on any atom is 0.169 e. The normalized spacial score (nSPS) is 14.0. The average molecular weight is 305 g/mol. The highest BCUT2D eigenvalue weighted by atomic mass is 35.5. The van der Waals surface area contributed by atoms with Crippen molar-refractivity contribution >= 4 is 52.6 Å². The molecule has 0 saturated carbocycles. The molecule has 1 aliphatic rings. The molecule has 0 saturated heterocycles. The smallest absolute Gasteiger partial charge is 0.169 e. The fourth-order valence-electron chi connectivity index (χ4n) is 1.82. The molecule has 2 aromatic heterocycles. The van der Waals surface area contributed by atoms with E-state index in [0.29, 0.717) is 20.1 Å². The van der Waals surface area contributed by atoms with E-state index in [1.165, 1.54) is 11.3 Å². The molecule has 0 amide bonds. The number of fused-ring (bicyclic) bond motifs is 1. The number of aldehydes is 1. The van der Waals surface area contributed by atoms with E-state index in [9.17, 15) is 4.79 Å². The second kappa shape index (κ2) is 4.31. The van der Waals surface area contributed by atoms with Crippen LogP contribution in [0.1, 0.15) is 10.5 Å². The van der Waals surface area contributed by atoms with Gasteiger partial charge in [-0.05, 0) is 6.07 Å². The van der Waals surface area contributed by atoms with Crippen LogP contribution in [0.3, 0.4) is 0 Å². The van der Waals surface area contributed by atoms with Crippen LogP contribution in [-0.2, 0) is 6.54 Å². The summed E-state index contributed by atoms with van der Waals surface area (Å²) in [5.41, 5.74) is 1.96. The zero-order chi connectivity index (χ0) is 12.0. The molecule has 7 heteroatoms. The van der Waals surface area contributed by atoms with Crippen LogP contribution in [0.5, 0.6) is 0 Å². The minimum absolute atomic E-state index is 0.569. The lowest BCUT2D eigenvalue weighted by Gasteiger charge is -1.99. The van der Waals surface area contributed by atoms with Crippen LogP contribution < -0.4 is 0 Å². The van der Waals surface area contributed by atoms with Crippen molar-refractivity contribution in [3.05, 3.63) is 20.4 Å². The van der Waals surface area contributed by atoms with Crippen molar-refractivity contribution in [2.45, 2.75) is 11.7 Å². The summed E-state index contributed by atoms with van der Waals surface area (Å²) in [5, 5.41) is 0.875. The number of halogens is 2. The van der Waals surface area contributed by atoms with Gasteiger partial charge in [-0.3, -0.25) is 4.79 Å². The molecule has 0 atom stereocenters. The standard InChI is InChI=1S/C10H6Cl2N2OS2/c11-7-3-5(9(12)17-7)8-6(4-15)14-1-2-16-10(14)13-8/h3-4H,1-2H2. The van der Waals surface area contributed by atoms with E-state index in [2.05, 4.69) is 4.98 Å². The molecule has 0 bridgehead atoms. The van der Waals surface area contributed by atoms with Gasteiger partial charge in [0.2, 0.25) is 0 Å². The third-order valence-electron chi connectivity index (χ3n) is 2.54. The van der Waals surface area contributed by atoms with Gasteiger partial charge in [0.15, 0.2) is 11.4 Å². The molecule has 0 N–H and O–H groups in total. The van der Waals surface area contributed by atoms with Gasteiger partial charge in [0.25, 0.3) is 0 Å². The zero-order valence-corrected chi connectivity index (χ0v) is 11.6. The largest absolute Gasteiger partial charge is 0.315 e. The predicted octanol–water partition coefficient (Wildman–Crippen LogP) is 3.84. The molecule has 0 unspecified atom stereocenters. The maximum absolute atomic E-state index is 11.2. The van der Waals surface area contributed by atoms with Crippen molar-refractivity contribution in [1.82, 2.24) is 9.55 Å². The molecule has 0 fully saturated rings. The lowest BCUT2D eigenvalue weighted by Crippen LogP contribution is -1.99. The van der Waals surface area contributed by atoms with Gasteiger partial charge in [0.05, 0.1) is 4.34 Å². The second-order valence-corrected chi connectivity index (χ2v) is 6.83. The molecule has 3 heterocycles. The Morgan fingerprint density at radius 2 is 2.29 bits per heavy atom. The predicted molar refractivity (Wildman–Crippen MR) is 71.7 cm³/mol. The quantitative estimate of drug-likeness (QED) is 0.791. The number of rotatable bonds is 2. The van der Waals surface area contributed by atoms with Crippen LogP contribution in [0.25, 0.3) is 11.3 Å². The van der Waals surface area contributed by atoms with Gasteiger partial charge in [-0.2, -0.15) is 0 Å². The summed E-state index contributed by atoms with van der Waals surface area (Å²) in [4.78, 5) is 15.7. The first kappa shape index (κ1) is 11.6. The van der Waals surface area contributed by atoms with E-state index < -0.39 is 0 Å². The summed E-state index contributed by atoms with van der Waals surface area (Å²) in [5.74, 6) is 0.960. The SMILES string of the molecule is O=Cc1c(-c2cc(Cl)sc2Cl)nc2n1CCS2. The highest BCUT2D eigenvalue weighted by Crippen LogP contribution is 2.40. The van der Waals surface area contributed by atoms with Crippen LogP contribution in [0.15, 0.2) is 11.2 Å². The van der Waals surface area contributed by atoms with E-state index >= 15 is 0 Å². The van der Waals surface area contributed by atoms with Crippen LogP contribution >= 0.6 is 46.3 Å². The summed E-state index contributed by atoms with van der Waals surface area (Å²) in [6.07, 6.45) is 0.833. The fraction of sp³-hybridized carbons (Fsp3) is 0.200. The molecular formula is C10H6Cl2N2OS2. The topological polar surface area (TPSA) is 34.9 Å². The molecule has 3 nitrogen and oxygen atoms in total. The van der Waals surface area contributed by atoms with Gasteiger partial charge in [0, 0.05) is 17.9 Å². The van der Waals surface area contributed by atoms with Gasteiger partial charge >= 0.3 is 0 Å². The summed E-state index contributed by atoms with van der Waals surface area (Å²) in [6.45, 7) is 0.816. The number of thioether (sulfide) groups is 1. The van der Waals surface area contributed by atoms with Crippen molar-refractivity contribution in [1.29, 1.82) is 0 Å². The number of imidazole rings is 1. The Kier molecular flexibility index (Phi) is 2.94. The van der Waals surface area contributed by atoms with Crippen molar-refractivity contribution in [3.8, 4) is 11.3 Å². The summed E-state index contributed by atoms with van der Waals surface area (Å²) in [6, 6.07) is 1.75. The molecule has 0 aromatic carbocycles. The van der Waals surface area contributed by atoms with E-state index in [1.54, 1.807) is 17.8 Å². The first-order valence-electron chi connectivity index (χ1n) is 4.84. The third kappa shape index (κ3) is 1.81. The molecule has 0 radical (unpaired) electrons. The second-order valence-electron chi connectivity index (χ2n) is 3.48. The van der Waals surface area contributed by atoms with Gasteiger partial charge in [-0.1, -0.05) is 35.0 Å². The molecule has 3 rings (SSSR count). The molecule has 0 spiro atoms. The number of thiophene rings is 1. The molecule has 1 aliphatic heterocycles. The Bertz CT molecular complexity index is 606. The average Bonchev–Trinajstić information content (AvgIpc) is 2.91. The van der Waals surface area contributed by atoms with Gasteiger partial charge in [-0.25, -0.2) is 4.98 Å². The number of hydrogen-bond donors (Lipinski definition) is 0. The Hall–Kier alpha value is -0.490. The summed E-state index contributed by atoms with van der Waals surface area (Å²) in [7, 11) is 0. The summed E-state index contributed by atoms with van der Waals surface area (Å²) < 4.78 is 3.09. The van der Waals surface area contributed by atoms with Crippen LogP contribution in [0.4, 0.5) is 0 Å². The Morgan fingerprint density at radius 1 is 1.47 bits per heavy atom. The molecule has 2 aromatic rings. The first-order valence-corrected chi connectivity index (χ1v) is 7.40. The van der Waals surface area contributed by atoms with Crippen molar-refractivity contribution in [3.63, 3.8) is 0 Å². The number of nitrogens with zero attached hydrogens (tertiary/aromatic N) is 2. The zero-order valence-electron chi connectivity index (χ0n) is 8.44. The first-order chi connectivity index (χ1) is 8.20. The minimum Gasteiger partial charge on any atom is -0.315 e. The van der Waals surface area contributed by atoms with Gasteiger partial charge in [0.1, 0.15) is 15.7 Å². The van der Waals surface area contributed by atoms with Crippen molar-refractivity contribution < 1.29 is 4.79 Å². The van der Waals surface area contributed by atoms with E-state index in [4.69, 9.17) is 23.2 Å². The van der Waals surface area contributed by atoms with Gasteiger partial charge < -0.3 is 4.57 Å². The van der Waals surface area contributed by atoms with E-state index in [0.717, 1.165) is 29.3 Å². The van der Waals surface area contributed by atoms with Crippen LogP contribution in [-0.4, -0.2) is 21.6 Å². The number of carbonyl (C=O) groups is 1. The molecule has 17 heavy (non-hydrogen) atoms.